The zero-order chi connectivity index (χ0) is 10.6. The summed E-state index contributed by atoms with van der Waals surface area (Å²) in [6, 6.07) is 0. The second-order valence-electron chi connectivity index (χ2n) is 4.02. The monoisotopic (exact) mass is 198 g/mol. The number of nitrogens with zero attached hydrogens (tertiary/aromatic N) is 1. The van der Waals surface area contributed by atoms with Gasteiger partial charge in [-0.05, 0) is 31.8 Å². The highest BCUT2D eigenvalue weighted by Gasteiger charge is 2.22. The number of hydrogen-bond acceptors (Lipinski definition) is 3. The summed E-state index contributed by atoms with van der Waals surface area (Å²) in [5.41, 5.74) is 0. The van der Waals surface area contributed by atoms with E-state index in [1.165, 1.54) is 4.90 Å². The van der Waals surface area contributed by atoms with Crippen molar-refractivity contribution in [2.45, 2.75) is 19.3 Å². The number of Topliss-reactive ketones (excluding diaryl/α,β-unsaturated/α-hetero) is 1. The van der Waals surface area contributed by atoms with Crippen LogP contribution >= 0.6 is 0 Å². The highest BCUT2D eigenvalue weighted by Crippen LogP contribution is 2.16. The van der Waals surface area contributed by atoms with Crippen LogP contribution in [0.2, 0.25) is 0 Å². The average Bonchev–Trinajstić information content (AvgIpc) is 2.18. The molecule has 0 spiro atoms. The van der Waals surface area contributed by atoms with Crippen molar-refractivity contribution >= 4 is 11.7 Å². The summed E-state index contributed by atoms with van der Waals surface area (Å²) in [5, 5.41) is 3.23. The topological polar surface area (TPSA) is 49.4 Å². The van der Waals surface area contributed by atoms with Gasteiger partial charge in [-0.3, -0.25) is 9.59 Å². The standard InChI is InChI=1S/C10H18N2O2/c1-12(2)10(14)9(13)7-8-3-5-11-6-4-8/h8,11H,3-7H2,1-2H3. The number of piperidine rings is 1. The minimum absolute atomic E-state index is 0.248. The number of likely N-dealkylation sites (N-methyl/N-ethyl adjacent to an activating group) is 1. The van der Waals surface area contributed by atoms with E-state index in [0.717, 1.165) is 25.9 Å². The lowest BCUT2D eigenvalue weighted by molar-refractivity contribution is -0.143. The fourth-order valence-electron chi connectivity index (χ4n) is 1.68. The van der Waals surface area contributed by atoms with Crippen molar-refractivity contribution in [3.63, 3.8) is 0 Å². The van der Waals surface area contributed by atoms with Crippen molar-refractivity contribution in [3.05, 3.63) is 0 Å². The van der Waals surface area contributed by atoms with Crippen LogP contribution in [-0.4, -0.2) is 43.8 Å². The molecule has 1 amide bonds. The van der Waals surface area contributed by atoms with E-state index in [1.54, 1.807) is 14.1 Å². The summed E-state index contributed by atoms with van der Waals surface area (Å²) in [5.74, 6) is -0.224. The highest BCUT2D eigenvalue weighted by atomic mass is 16.2. The van der Waals surface area contributed by atoms with Gasteiger partial charge >= 0.3 is 0 Å². The van der Waals surface area contributed by atoms with Crippen molar-refractivity contribution in [2.75, 3.05) is 27.2 Å². The van der Waals surface area contributed by atoms with Gasteiger partial charge in [0.15, 0.2) is 0 Å². The lowest BCUT2D eigenvalue weighted by Gasteiger charge is -2.22. The van der Waals surface area contributed by atoms with Gasteiger partial charge in [0.2, 0.25) is 5.78 Å². The predicted octanol–water partition coefficient (Wildman–Crippen LogP) is 0.0334. The number of nitrogens with one attached hydrogen (secondary N) is 1. The van der Waals surface area contributed by atoms with E-state index in [-0.39, 0.29) is 11.7 Å². The third-order valence-corrected chi connectivity index (χ3v) is 2.58. The van der Waals surface area contributed by atoms with Crippen molar-refractivity contribution < 1.29 is 9.59 Å². The SMILES string of the molecule is CN(C)C(=O)C(=O)CC1CCNCC1. The molecule has 4 nitrogen and oxygen atoms in total. The Kier molecular flexibility index (Phi) is 4.07. The van der Waals surface area contributed by atoms with Crippen LogP contribution in [0.3, 0.4) is 0 Å². The van der Waals surface area contributed by atoms with Crippen LogP contribution in [0.4, 0.5) is 0 Å². The first-order valence-electron chi connectivity index (χ1n) is 5.06. The molecular formula is C10H18N2O2. The molecule has 0 radical (unpaired) electrons. The normalized spacial score (nSPS) is 17.9. The number of carbonyl (C=O) groups is 2. The molecule has 1 aliphatic rings. The molecule has 0 aromatic carbocycles. The number of rotatable bonds is 3. The Morgan fingerprint density at radius 3 is 2.36 bits per heavy atom. The Labute approximate surface area is 84.7 Å². The van der Waals surface area contributed by atoms with Gasteiger partial charge in [0.25, 0.3) is 5.91 Å². The first kappa shape index (κ1) is 11.2. The molecule has 4 heteroatoms. The number of carbonyl (C=O) groups excluding carboxylic acids is 2. The van der Waals surface area contributed by atoms with E-state index in [9.17, 15) is 9.59 Å². The van der Waals surface area contributed by atoms with E-state index in [2.05, 4.69) is 5.32 Å². The van der Waals surface area contributed by atoms with Gasteiger partial charge in [-0.15, -0.1) is 0 Å². The molecule has 0 aliphatic carbocycles. The van der Waals surface area contributed by atoms with Crippen LogP contribution in [0, 0.1) is 5.92 Å². The van der Waals surface area contributed by atoms with Gasteiger partial charge in [0, 0.05) is 20.5 Å². The van der Waals surface area contributed by atoms with Crippen molar-refractivity contribution in [3.8, 4) is 0 Å². The van der Waals surface area contributed by atoms with Crippen molar-refractivity contribution in [1.29, 1.82) is 0 Å². The minimum atomic E-state index is -0.372. The third-order valence-electron chi connectivity index (χ3n) is 2.58. The molecule has 1 heterocycles. The van der Waals surface area contributed by atoms with Crippen LogP contribution in [0.25, 0.3) is 0 Å². The number of amides is 1. The maximum absolute atomic E-state index is 11.4. The maximum atomic E-state index is 11.4. The quantitative estimate of drug-likeness (QED) is 0.651. The van der Waals surface area contributed by atoms with Crippen molar-refractivity contribution in [1.82, 2.24) is 10.2 Å². The number of hydrogen-bond donors (Lipinski definition) is 1. The van der Waals surface area contributed by atoms with E-state index in [0.29, 0.717) is 12.3 Å². The zero-order valence-corrected chi connectivity index (χ0v) is 8.88. The summed E-state index contributed by atoms with van der Waals surface area (Å²) in [4.78, 5) is 24.1. The molecule has 1 aliphatic heterocycles. The molecule has 14 heavy (non-hydrogen) atoms. The van der Waals surface area contributed by atoms with Gasteiger partial charge in [-0.1, -0.05) is 0 Å². The summed E-state index contributed by atoms with van der Waals surface area (Å²) in [6.45, 7) is 1.93. The third kappa shape index (κ3) is 3.10. The highest BCUT2D eigenvalue weighted by molar-refractivity contribution is 6.35. The summed E-state index contributed by atoms with van der Waals surface area (Å²) in [6.07, 6.45) is 2.43. The smallest absolute Gasteiger partial charge is 0.289 e. The Balaban J connectivity index is 2.35. The van der Waals surface area contributed by atoms with Crippen LogP contribution in [0.5, 0.6) is 0 Å². The average molecular weight is 198 g/mol. The van der Waals surface area contributed by atoms with Crippen LogP contribution in [0.15, 0.2) is 0 Å². The summed E-state index contributed by atoms with van der Waals surface area (Å²) >= 11 is 0. The molecule has 80 valence electrons. The van der Waals surface area contributed by atoms with Gasteiger partial charge in [0.1, 0.15) is 0 Å². The molecule has 0 aromatic heterocycles. The van der Waals surface area contributed by atoms with E-state index in [4.69, 9.17) is 0 Å². The van der Waals surface area contributed by atoms with Gasteiger partial charge < -0.3 is 10.2 Å². The van der Waals surface area contributed by atoms with Gasteiger partial charge in [0.05, 0.1) is 0 Å². The molecule has 0 atom stereocenters. The maximum Gasteiger partial charge on any atom is 0.289 e. The molecule has 0 aromatic rings. The van der Waals surface area contributed by atoms with E-state index >= 15 is 0 Å². The zero-order valence-electron chi connectivity index (χ0n) is 8.88. The van der Waals surface area contributed by atoms with Crippen molar-refractivity contribution in [2.24, 2.45) is 5.92 Å². The molecule has 0 saturated carbocycles. The van der Waals surface area contributed by atoms with Gasteiger partial charge in [-0.25, -0.2) is 0 Å². The molecular weight excluding hydrogens is 180 g/mol. The lowest BCUT2D eigenvalue weighted by Crippen LogP contribution is -2.34. The summed E-state index contributed by atoms with van der Waals surface area (Å²) in [7, 11) is 3.23. The number of ketones is 1. The Morgan fingerprint density at radius 1 is 1.29 bits per heavy atom. The molecule has 0 bridgehead atoms. The second kappa shape index (κ2) is 5.10. The molecule has 1 fully saturated rings. The molecule has 1 N–H and O–H groups in total. The predicted molar refractivity (Wildman–Crippen MR) is 53.9 cm³/mol. The molecule has 1 saturated heterocycles. The van der Waals surface area contributed by atoms with Gasteiger partial charge in [-0.2, -0.15) is 0 Å². The Bertz CT molecular complexity index is 220. The largest absolute Gasteiger partial charge is 0.342 e. The van der Waals surface area contributed by atoms with E-state index in [1.807, 2.05) is 0 Å². The fraction of sp³-hybridized carbons (Fsp3) is 0.800. The van der Waals surface area contributed by atoms with E-state index < -0.39 is 0 Å². The minimum Gasteiger partial charge on any atom is -0.342 e. The molecule has 1 rings (SSSR count). The Morgan fingerprint density at radius 2 is 1.86 bits per heavy atom. The first-order valence-corrected chi connectivity index (χ1v) is 5.06. The van der Waals surface area contributed by atoms with Crippen LogP contribution in [-0.2, 0) is 9.59 Å². The van der Waals surface area contributed by atoms with Crippen LogP contribution < -0.4 is 5.32 Å². The first-order chi connectivity index (χ1) is 6.61. The second-order valence-corrected chi connectivity index (χ2v) is 4.02. The Hall–Kier alpha value is -0.900. The molecule has 0 unspecified atom stereocenters. The fourth-order valence-corrected chi connectivity index (χ4v) is 1.68. The lowest BCUT2D eigenvalue weighted by atomic mass is 9.92. The van der Waals surface area contributed by atoms with Crippen LogP contribution in [0.1, 0.15) is 19.3 Å². The summed E-state index contributed by atoms with van der Waals surface area (Å²) < 4.78 is 0.